The summed E-state index contributed by atoms with van der Waals surface area (Å²) in [5.41, 5.74) is 7.00. The minimum absolute atomic E-state index is 0.0755. The summed E-state index contributed by atoms with van der Waals surface area (Å²) in [6.45, 7) is 1.97. The van der Waals surface area contributed by atoms with E-state index >= 15 is 0 Å². The molecule has 76 valence electrons. The Balaban J connectivity index is 2.41. The third-order valence-electron chi connectivity index (χ3n) is 2.01. The van der Waals surface area contributed by atoms with Crippen LogP contribution < -0.4 is 5.73 Å². The van der Waals surface area contributed by atoms with E-state index in [2.05, 4.69) is 4.98 Å². The fourth-order valence-corrected chi connectivity index (χ4v) is 1.30. The quantitative estimate of drug-likeness (QED) is 0.806. The Morgan fingerprint density at radius 3 is 2.87 bits per heavy atom. The van der Waals surface area contributed by atoms with Gasteiger partial charge in [0, 0.05) is 5.56 Å². The molecule has 0 saturated heterocycles. The predicted molar refractivity (Wildman–Crippen MR) is 55.2 cm³/mol. The molecular formula is C11H10N2O2. The number of oxazole rings is 1. The third kappa shape index (κ3) is 1.88. The number of benzene rings is 1. The molecule has 2 rings (SSSR count). The van der Waals surface area contributed by atoms with Gasteiger partial charge in [-0.1, -0.05) is 17.7 Å². The highest BCUT2D eigenvalue weighted by Crippen LogP contribution is 2.19. The highest BCUT2D eigenvalue weighted by Gasteiger charge is 2.09. The molecule has 1 aromatic carbocycles. The summed E-state index contributed by atoms with van der Waals surface area (Å²) in [5, 5.41) is 0. The van der Waals surface area contributed by atoms with Gasteiger partial charge in [0.05, 0.1) is 6.20 Å². The maximum absolute atomic E-state index is 10.8. The molecule has 4 nitrogen and oxygen atoms in total. The second kappa shape index (κ2) is 3.57. The minimum Gasteiger partial charge on any atom is -0.431 e. The topological polar surface area (TPSA) is 69.1 Å². The van der Waals surface area contributed by atoms with Gasteiger partial charge in [-0.05, 0) is 19.1 Å². The van der Waals surface area contributed by atoms with Crippen molar-refractivity contribution >= 4 is 5.91 Å². The Labute approximate surface area is 86.7 Å². The Hall–Kier alpha value is -2.10. The Morgan fingerprint density at radius 2 is 2.27 bits per heavy atom. The van der Waals surface area contributed by atoms with E-state index in [1.807, 2.05) is 31.2 Å². The normalized spacial score (nSPS) is 10.2. The molecule has 0 spiro atoms. The monoisotopic (exact) mass is 202 g/mol. The molecule has 0 bridgehead atoms. The molecule has 0 saturated carbocycles. The van der Waals surface area contributed by atoms with Crippen molar-refractivity contribution in [2.45, 2.75) is 6.92 Å². The summed E-state index contributed by atoms with van der Waals surface area (Å²) in [7, 11) is 0. The standard InChI is InChI=1S/C11H10N2O2/c1-7-3-2-4-8(5-7)11-13-6-9(15-11)10(12)14/h2-6H,1H3,(H2,12,14). The largest absolute Gasteiger partial charge is 0.431 e. The van der Waals surface area contributed by atoms with E-state index < -0.39 is 5.91 Å². The molecule has 2 N–H and O–H groups in total. The van der Waals surface area contributed by atoms with E-state index in [1.54, 1.807) is 0 Å². The summed E-state index contributed by atoms with van der Waals surface area (Å²) < 4.78 is 5.20. The summed E-state index contributed by atoms with van der Waals surface area (Å²) in [5.74, 6) is -0.125. The number of hydrogen-bond acceptors (Lipinski definition) is 3. The van der Waals surface area contributed by atoms with Crippen molar-refractivity contribution in [3.63, 3.8) is 0 Å². The molecule has 2 aromatic rings. The van der Waals surface area contributed by atoms with Crippen LogP contribution in [0.5, 0.6) is 0 Å². The number of amides is 1. The number of primary amides is 1. The minimum atomic E-state index is -0.610. The van der Waals surface area contributed by atoms with Gasteiger partial charge >= 0.3 is 0 Å². The number of rotatable bonds is 2. The van der Waals surface area contributed by atoms with Gasteiger partial charge in [-0.3, -0.25) is 4.79 Å². The molecule has 0 atom stereocenters. The lowest BCUT2D eigenvalue weighted by molar-refractivity contribution is 0.0975. The molecule has 0 radical (unpaired) electrons. The fraction of sp³-hybridized carbons (Fsp3) is 0.0909. The highest BCUT2D eigenvalue weighted by atomic mass is 16.4. The van der Waals surface area contributed by atoms with Crippen LogP contribution in [0.3, 0.4) is 0 Å². The molecule has 0 aliphatic carbocycles. The first-order valence-electron chi connectivity index (χ1n) is 4.49. The average molecular weight is 202 g/mol. The van der Waals surface area contributed by atoms with Crippen LogP contribution in [-0.2, 0) is 0 Å². The van der Waals surface area contributed by atoms with E-state index in [-0.39, 0.29) is 5.76 Å². The van der Waals surface area contributed by atoms with Gasteiger partial charge < -0.3 is 10.2 Å². The van der Waals surface area contributed by atoms with Crippen molar-refractivity contribution in [3.05, 3.63) is 41.8 Å². The number of carbonyl (C=O) groups excluding carboxylic acids is 1. The molecule has 0 aliphatic rings. The summed E-state index contributed by atoms with van der Waals surface area (Å²) in [6, 6.07) is 7.67. The number of aromatic nitrogens is 1. The first-order chi connectivity index (χ1) is 7.16. The van der Waals surface area contributed by atoms with Crippen molar-refractivity contribution < 1.29 is 9.21 Å². The fourth-order valence-electron chi connectivity index (χ4n) is 1.30. The zero-order valence-electron chi connectivity index (χ0n) is 8.23. The van der Waals surface area contributed by atoms with Crippen LogP contribution in [-0.4, -0.2) is 10.9 Å². The van der Waals surface area contributed by atoms with Crippen molar-refractivity contribution in [3.8, 4) is 11.5 Å². The van der Waals surface area contributed by atoms with Gasteiger partial charge in [0.25, 0.3) is 5.91 Å². The van der Waals surface area contributed by atoms with Crippen LogP contribution >= 0.6 is 0 Å². The lowest BCUT2D eigenvalue weighted by Crippen LogP contribution is -2.09. The van der Waals surface area contributed by atoms with E-state index in [9.17, 15) is 4.79 Å². The van der Waals surface area contributed by atoms with Crippen LogP contribution in [0.2, 0.25) is 0 Å². The lowest BCUT2D eigenvalue weighted by Gasteiger charge is -1.96. The zero-order valence-corrected chi connectivity index (χ0v) is 8.23. The first kappa shape index (κ1) is 9.45. The van der Waals surface area contributed by atoms with Crippen LogP contribution in [0.25, 0.3) is 11.5 Å². The van der Waals surface area contributed by atoms with Gasteiger partial charge in [-0.2, -0.15) is 0 Å². The van der Waals surface area contributed by atoms with Crippen molar-refractivity contribution in [2.24, 2.45) is 5.73 Å². The predicted octanol–water partition coefficient (Wildman–Crippen LogP) is 1.75. The molecule has 1 heterocycles. The van der Waals surface area contributed by atoms with Crippen LogP contribution in [0.4, 0.5) is 0 Å². The Morgan fingerprint density at radius 1 is 1.47 bits per heavy atom. The van der Waals surface area contributed by atoms with Gasteiger partial charge in [-0.15, -0.1) is 0 Å². The summed E-state index contributed by atoms with van der Waals surface area (Å²) in [4.78, 5) is 14.8. The average Bonchev–Trinajstić information content (AvgIpc) is 2.66. The maximum Gasteiger partial charge on any atom is 0.286 e. The van der Waals surface area contributed by atoms with Gasteiger partial charge in [0.2, 0.25) is 11.7 Å². The van der Waals surface area contributed by atoms with E-state index in [0.29, 0.717) is 5.89 Å². The van der Waals surface area contributed by atoms with Crippen LogP contribution in [0.15, 0.2) is 34.9 Å². The number of hydrogen-bond donors (Lipinski definition) is 1. The highest BCUT2D eigenvalue weighted by molar-refractivity contribution is 5.89. The zero-order chi connectivity index (χ0) is 10.8. The van der Waals surface area contributed by atoms with Crippen molar-refractivity contribution in [1.82, 2.24) is 4.98 Å². The molecule has 1 aromatic heterocycles. The smallest absolute Gasteiger partial charge is 0.286 e. The lowest BCUT2D eigenvalue weighted by atomic mass is 10.1. The van der Waals surface area contributed by atoms with E-state index in [4.69, 9.17) is 10.2 Å². The van der Waals surface area contributed by atoms with E-state index in [1.165, 1.54) is 6.20 Å². The van der Waals surface area contributed by atoms with Gasteiger partial charge in [0.15, 0.2) is 0 Å². The molecular weight excluding hydrogens is 192 g/mol. The summed E-state index contributed by atoms with van der Waals surface area (Å²) >= 11 is 0. The molecule has 4 heteroatoms. The first-order valence-corrected chi connectivity index (χ1v) is 4.49. The Bertz CT molecular complexity index is 503. The van der Waals surface area contributed by atoms with Crippen LogP contribution in [0.1, 0.15) is 16.1 Å². The van der Waals surface area contributed by atoms with Crippen LogP contribution in [0, 0.1) is 6.92 Å². The summed E-state index contributed by atoms with van der Waals surface area (Å²) in [6.07, 6.45) is 1.33. The third-order valence-corrected chi connectivity index (χ3v) is 2.01. The molecule has 0 aliphatic heterocycles. The van der Waals surface area contributed by atoms with Gasteiger partial charge in [-0.25, -0.2) is 4.98 Å². The van der Waals surface area contributed by atoms with Crippen molar-refractivity contribution in [2.75, 3.05) is 0 Å². The maximum atomic E-state index is 10.8. The molecule has 1 amide bonds. The second-order valence-electron chi connectivity index (χ2n) is 3.26. The number of aryl methyl sites for hydroxylation is 1. The number of nitrogens with zero attached hydrogens (tertiary/aromatic N) is 1. The van der Waals surface area contributed by atoms with E-state index in [0.717, 1.165) is 11.1 Å². The molecule has 15 heavy (non-hydrogen) atoms. The number of carbonyl (C=O) groups is 1. The Kier molecular flexibility index (Phi) is 2.25. The van der Waals surface area contributed by atoms with Gasteiger partial charge in [0.1, 0.15) is 0 Å². The number of nitrogens with two attached hydrogens (primary N) is 1. The molecule has 0 unspecified atom stereocenters. The second-order valence-corrected chi connectivity index (χ2v) is 3.26. The van der Waals surface area contributed by atoms with Crippen molar-refractivity contribution in [1.29, 1.82) is 0 Å². The SMILES string of the molecule is Cc1cccc(-c2ncc(C(N)=O)o2)c1. The molecule has 0 fully saturated rings.